The van der Waals surface area contributed by atoms with Gasteiger partial charge in [0.05, 0.1) is 14.2 Å². The number of likely N-dealkylation sites (tertiary alicyclic amines) is 1. The van der Waals surface area contributed by atoms with E-state index in [0.717, 1.165) is 25.7 Å². The van der Waals surface area contributed by atoms with Crippen LogP contribution in [0.25, 0.3) is 0 Å². The summed E-state index contributed by atoms with van der Waals surface area (Å²) >= 11 is 0. The molecule has 1 aromatic carbocycles. The van der Waals surface area contributed by atoms with E-state index in [4.69, 9.17) is 14.2 Å². The zero-order chi connectivity index (χ0) is 22.5. The highest BCUT2D eigenvalue weighted by Crippen LogP contribution is 2.45. The first-order valence-corrected chi connectivity index (χ1v) is 11.0. The second-order valence-electron chi connectivity index (χ2n) is 8.04. The van der Waals surface area contributed by atoms with E-state index in [1.807, 2.05) is 0 Å². The van der Waals surface area contributed by atoms with E-state index >= 15 is 0 Å². The molecule has 1 fully saturated rings. The molecule has 0 radical (unpaired) electrons. The van der Waals surface area contributed by atoms with Crippen molar-refractivity contribution in [3.05, 3.63) is 23.3 Å². The van der Waals surface area contributed by atoms with Crippen molar-refractivity contribution in [3.8, 4) is 11.5 Å². The van der Waals surface area contributed by atoms with Gasteiger partial charge in [-0.1, -0.05) is 33.1 Å². The molecule has 1 N–H and O–H groups in total. The van der Waals surface area contributed by atoms with Crippen molar-refractivity contribution >= 4 is 17.8 Å². The van der Waals surface area contributed by atoms with Gasteiger partial charge in [0.25, 0.3) is 0 Å². The van der Waals surface area contributed by atoms with E-state index < -0.39 is 18.2 Å². The van der Waals surface area contributed by atoms with Crippen LogP contribution in [-0.4, -0.2) is 49.5 Å². The highest BCUT2D eigenvalue weighted by Gasteiger charge is 2.47. The van der Waals surface area contributed by atoms with Gasteiger partial charge < -0.3 is 19.5 Å². The Balaban J connectivity index is 1.80. The van der Waals surface area contributed by atoms with Gasteiger partial charge in [0, 0.05) is 18.5 Å². The number of cyclic esters (lactones) is 1. The number of methoxy groups -OCH3 is 2. The van der Waals surface area contributed by atoms with Crippen LogP contribution in [0.4, 0.5) is 0 Å². The first-order valence-electron chi connectivity index (χ1n) is 11.0. The molecule has 3 rings (SSSR count). The van der Waals surface area contributed by atoms with Crippen LogP contribution in [0.2, 0.25) is 0 Å². The number of fused-ring (bicyclic) bond motifs is 1. The molecule has 2 heterocycles. The first kappa shape index (κ1) is 22.9. The standard InChI is InChI=1S/C23H32N2O6/c1-5-7-8-14(6-2)13-24-21(27)16-10-12-18(26)25(16)22-15-9-11-17(29-3)20(30-4)19(15)23(28)31-22/h9,11,14,16,22H,5-8,10,12-13H2,1-4H3,(H,24,27)/t14-,16+,22-/m0/s1. The molecule has 0 spiro atoms. The van der Waals surface area contributed by atoms with Gasteiger partial charge in [0.15, 0.2) is 11.5 Å². The normalized spacial score (nSPS) is 21.0. The summed E-state index contributed by atoms with van der Waals surface area (Å²) < 4.78 is 16.2. The number of unbranched alkanes of at least 4 members (excludes halogenated alkanes) is 1. The lowest BCUT2D eigenvalue weighted by Crippen LogP contribution is -2.47. The number of rotatable bonds is 10. The van der Waals surface area contributed by atoms with Crippen LogP contribution in [0.3, 0.4) is 0 Å². The highest BCUT2D eigenvalue weighted by molar-refractivity contribution is 5.99. The number of ether oxygens (including phenoxy) is 3. The van der Waals surface area contributed by atoms with Gasteiger partial charge in [-0.2, -0.15) is 0 Å². The Bertz CT molecular complexity index is 840. The lowest BCUT2D eigenvalue weighted by Gasteiger charge is -2.29. The Morgan fingerprint density at radius 1 is 1.26 bits per heavy atom. The van der Waals surface area contributed by atoms with Crippen molar-refractivity contribution in [2.45, 2.75) is 64.6 Å². The number of esters is 1. The Labute approximate surface area is 183 Å². The van der Waals surface area contributed by atoms with Crippen molar-refractivity contribution in [2.75, 3.05) is 20.8 Å². The highest BCUT2D eigenvalue weighted by atomic mass is 16.6. The third kappa shape index (κ3) is 4.48. The molecule has 170 valence electrons. The molecule has 1 saturated heterocycles. The van der Waals surface area contributed by atoms with Gasteiger partial charge in [-0.15, -0.1) is 0 Å². The molecule has 2 aliphatic rings. The van der Waals surface area contributed by atoms with E-state index in [1.165, 1.54) is 19.1 Å². The zero-order valence-electron chi connectivity index (χ0n) is 18.7. The maximum atomic E-state index is 13.0. The fourth-order valence-electron chi connectivity index (χ4n) is 4.35. The van der Waals surface area contributed by atoms with Crippen molar-refractivity contribution in [3.63, 3.8) is 0 Å². The third-order valence-corrected chi connectivity index (χ3v) is 6.19. The Morgan fingerprint density at radius 2 is 2.03 bits per heavy atom. The first-order chi connectivity index (χ1) is 15.0. The van der Waals surface area contributed by atoms with Gasteiger partial charge in [-0.3, -0.25) is 14.5 Å². The number of nitrogens with zero attached hydrogens (tertiary/aromatic N) is 1. The Morgan fingerprint density at radius 3 is 2.68 bits per heavy atom. The van der Waals surface area contributed by atoms with Gasteiger partial charge in [0.1, 0.15) is 11.6 Å². The molecule has 31 heavy (non-hydrogen) atoms. The van der Waals surface area contributed by atoms with Crippen LogP contribution in [-0.2, 0) is 14.3 Å². The molecule has 0 aliphatic carbocycles. The molecular weight excluding hydrogens is 400 g/mol. The molecule has 3 atom stereocenters. The Kier molecular flexibility index (Phi) is 7.41. The predicted molar refractivity (Wildman–Crippen MR) is 114 cm³/mol. The largest absolute Gasteiger partial charge is 0.493 e. The second-order valence-corrected chi connectivity index (χ2v) is 8.04. The molecule has 2 aliphatic heterocycles. The van der Waals surface area contributed by atoms with Crippen LogP contribution < -0.4 is 14.8 Å². The second kappa shape index (κ2) is 10.0. The van der Waals surface area contributed by atoms with Crippen LogP contribution in [0.15, 0.2) is 12.1 Å². The quantitative estimate of drug-likeness (QED) is 0.571. The summed E-state index contributed by atoms with van der Waals surface area (Å²) in [5, 5.41) is 3.02. The monoisotopic (exact) mass is 432 g/mol. The van der Waals surface area contributed by atoms with Gasteiger partial charge in [-0.05, 0) is 30.9 Å². The molecule has 1 aromatic rings. The molecule has 8 nitrogen and oxygen atoms in total. The molecule has 0 unspecified atom stereocenters. The van der Waals surface area contributed by atoms with Crippen LogP contribution in [0.1, 0.15) is 74.5 Å². The summed E-state index contributed by atoms with van der Waals surface area (Å²) in [6, 6.07) is 2.68. The summed E-state index contributed by atoms with van der Waals surface area (Å²) in [6.45, 7) is 4.85. The zero-order valence-corrected chi connectivity index (χ0v) is 18.7. The smallest absolute Gasteiger partial charge is 0.344 e. The third-order valence-electron chi connectivity index (χ3n) is 6.19. The lowest BCUT2D eigenvalue weighted by atomic mass is 9.99. The van der Waals surface area contributed by atoms with Gasteiger partial charge in [0.2, 0.25) is 18.0 Å². The van der Waals surface area contributed by atoms with Gasteiger partial charge >= 0.3 is 5.97 Å². The van der Waals surface area contributed by atoms with Crippen molar-refractivity contribution in [1.82, 2.24) is 10.2 Å². The van der Waals surface area contributed by atoms with Crippen LogP contribution >= 0.6 is 0 Å². The average molecular weight is 433 g/mol. The number of carbonyl (C=O) groups excluding carboxylic acids is 3. The summed E-state index contributed by atoms with van der Waals surface area (Å²) in [7, 11) is 2.93. The topological polar surface area (TPSA) is 94.2 Å². The summed E-state index contributed by atoms with van der Waals surface area (Å²) in [5.41, 5.74) is 0.737. The van der Waals surface area contributed by atoms with E-state index in [-0.39, 0.29) is 29.5 Å². The van der Waals surface area contributed by atoms with E-state index in [0.29, 0.717) is 30.2 Å². The number of carbonyl (C=O) groups is 3. The van der Waals surface area contributed by atoms with E-state index in [1.54, 1.807) is 12.1 Å². The fraction of sp³-hybridized carbons (Fsp3) is 0.609. The minimum Gasteiger partial charge on any atom is -0.493 e. The van der Waals surface area contributed by atoms with E-state index in [9.17, 15) is 14.4 Å². The van der Waals surface area contributed by atoms with Gasteiger partial charge in [-0.25, -0.2) is 4.79 Å². The predicted octanol–water partition coefficient (Wildman–Crippen LogP) is 3.20. The maximum Gasteiger partial charge on any atom is 0.344 e. The molecule has 0 saturated carbocycles. The van der Waals surface area contributed by atoms with Crippen LogP contribution in [0, 0.1) is 5.92 Å². The number of benzene rings is 1. The lowest BCUT2D eigenvalue weighted by molar-refractivity contribution is -0.145. The fourth-order valence-corrected chi connectivity index (χ4v) is 4.35. The van der Waals surface area contributed by atoms with Crippen molar-refractivity contribution in [2.24, 2.45) is 5.92 Å². The Hall–Kier alpha value is -2.77. The number of nitrogens with one attached hydrogen (secondary N) is 1. The van der Waals surface area contributed by atoms with E-state index in [2.05, 4.69) is 19.2 Å². The van der Waals surface area contributed by atoms with Crippen LogP contribution in [0.5, 0.6) is 11.5 Å². The number of hydrogen-bond donors (Lipinski definition) is 1. The molecule has 0 bridgehead atoms. The molecular formula is C23H32N2O6. The maximum absolute atomic E-state index is 13.0. The van der Waals surface area contributed by atoms with Crippen molar-refractivity contribution < 1.29 is 28.6 Å². The molecule has 0 aromatic heterocycles. The molecule has 2 amide bonds. The minimum atomic E-state index is -0.949. The minimum absolute atomic E-state index is 0.203. The number of amides is 2. The average Bonchev–Trinajstić information content (AvgIpc) is 3.32. The summed E-state index contributed by atoms with van der Waals surface area (Å²) in [6.07, 6.45) is 3.99. The SMILES string of the molecule is CCCC[C@H](CC)CNC(=O)[C@H]1CCC(=O)N1[C@H]1OC(=O)c2c1ccc(OC)c2OC. The van der Waals surface area contributed by atoms with Crippen molar-refractivity contribution in [1.29, 1.82) is 0 Å². The summed E-state index contributed by atoms with van der Waals surface area (Å²) in [4.78, 5) is 39.7. The molecule has 8 heteroatoms. The number of hydrogen-bond acceptors (Lipinski definition) is 6. The summed E-state index contributed by atoms with van der Waals surface area (Å²) in [5.74, 6) is 0.0706.